The van der Waals surface area contributed by atoms with E-state index in [0.717, 1.165) is 27.5 Å². The molecule has 190 valence electrons. The molecule has 2 atom stereocenters. The van der Waals surface area contributed by atoms with Crippen molar-refractivity contribution < 1.29 is 24.7 Å². The maximum atomic E-state index is 13.0. The van der Waals surface area contributed by atoms with Crippen molar-refractivity contribution >= 4 is 75.1 Å². The molecule has 0 aliphatic carbocycles. The first-order valence-corrected chi connectivity index (χ1v) is 14.3. The van der Waals surface area contributed by atoms with E-state index in [2.05, 4.69) is 20.4 Å². The van der Waals surface area contributed by atoms with Gasteiger partial charge in [0.05, 0.1) is 5.51 Å². The van der Waals surface area contributed by atoms with Gasteiger partial charge in [0.1, 0.15) is 27.8 Å². The van der Waals surface area contributed by atoms with Crippen LogP contribution in [0.25, 0.3) is 0 Å². The first-order valence-electron chi connectivity index (χ1n) is 10.4. The van der Waals surface area contributed by atoms with Crippen LogP contribution in [0, 0.1) is 0 Å². The van der Waals surface area contributed by atoms with Gasteiger partial charge in [-0.3, -0.25) is 19.5 Å². The lowest BCUT2D eigenvalue weighted by Crippen LogP contribution is -2.71. The Morgan fingerprint density at radius 1 is 1.39 bits per heavy atom. The van der Waals surface area contributed by atoms with Crippen LogP contribution in [0.1, 0.15) is 11.3 Å². The maximum absolute atomic E-state index is 13.0. The van der Waals surface area contributed by atoms with E-state index >= 15 is 0 Å². The number of carbonyl (C=O) groups excluding carboxylic acids is 2. The van der Waals surface area contributed by atoms with Crippen LogP contribution in [0.3, 0.4) is 0 Å². The van der Waals surface area contributed by atoms with Crippen LogP contribution in [-0.2, 0) is 20.1 Å². The highest BCUT2D eigenvalue weighted by Gasteiger charge is 2.54. The molecule has 0 bridgehead atoms. The van der Waals surface area contributed by atoms with Gasteiger partial charge in [-0.2, -0.15) is 11.8 Å². The van der Waals surface area contributed by atoms with Crippen LogP contribution in [-0.4, -0.2) is 78.1 Å². The quantitative estimate of drug-likeness (QED) is 0.0898. The number of pyridine rings is 1. The lowest BCUT2D eigenvalue weighted by molar-refractivity contribution is -0.150. The highest BCUT2D eigenvalue weighted by molar-refractivity contribution is 8.06. The summed E-state index contributed by atoms with van der Waals surface area (Å²) >= 11 is 5.34. The Kier molecular flexibility index (Phi) is 8.40. The topological polar surface area (TPSA) is 197 Å². The van der Waals surface area contributed by atoms with Gasteiger partial charge in [-0.05, 0) is 11.6 Å². The van der Waals surface area contributed by atoms with E-state index in [4.69, 9.17) is 11.5 Å². The molecule has 12 nitrogen and oxygen atoms in total. The van der Waals surface area contributed by atoms with E-state index in [0.29, 0.717) is 23.0 Å². The molecule has 0 unspecified atom stereocenters. The number of thioether (sulfide) groups is 3. The minimum Gasteiger partial charge on any atom is -0.477 e. The number of nitrogens with zero attached hydrogens (tertiary/aromatic N) is 4. The lowest BCUT2D eigenvalue weighted by Gasteiger charge is -2.49. The zero-order valence-electron chi connectivity index (χ0n) is 18.5. The number of hydrogen-bond donors (Lipinski definition) is 5. The molecule has 2 aromatic rings. The fourth-order valence-electron chi connectivity index (χ4n) is 3.53. The molecule has 0 spiro atoms. The van der Waals surface area contributed by atoms with Crippen LogP contribution in [0.15, 0.2) is 44.6 Å². The van der Waals surface area contributed by atoms with Gasteiger partial charge < -0.3 is 27.1 Å². The normalized spacial score (nSPS) is 19.6. The number of nitrogen functional groups attached to an aromatic ring is 1. The summed E-state index contributed by atoms with van der Waals surface area (Å²) in [7, 11) is 0. The van der Waals surface area contributed by atoms with Crippen molar-refractivity contribution in [3.8, 4) is 0 Å². The third kappa shape index (κ3) is 5.17. The van der Waals surface area contributed by atoms with E-state index in [-0.39, 0.29) is 16.4 Å². The molecule has 16 heteroatoms. The monoisotopic (exact) mass is 567 g/mol. The number of fused-ring (bicyclic) bond motifs is 1. The van der Waals surface area contributed by atoms with Crippen LogP contribution in [0.4, 0.5) is 5.00 Å². The predicted octanol–water partition coefficient (Wildman–Crippen LogP) is 0.979. The molecule has 4 heterocycles. The highest BCUT2D eigenvalue weighted by Crippen LogP contribution is 2.45. The Hall–Kier alpha value is -2.79. The van der Waals surface area contributed by atoms with E-state index < -0.39 is 34.9 Å². The van der Waals surface area contributed by atoms with Crippen LogP contribution in [0.5, 0.6) is 0 Å². The first kappa shape index (κ1) is 26.3. The van der Waals surface area contributed by atoms with Gasteiger partial charge in [0, 0.05) is 46.0 Å². The second-order valence-electron chi connectivity index (χ2n) is 7.38. The smallest absolute Gasteiger partial charge is 0.353 e. The number of aliphatic carboxylic acids is 1. The number of amides is 2. The minimum atomic E-state index is -1.23. The number of nitrogens with one attached hydrogen (secondary N) is 1. The summed E-state index contributed by atoms with van der Waals surface area (Å²) in [4.78, 5) is 48.5. The van der Waals surface area contributed by atoms with Gasteiger partial charge in [0.2, 0.25) is 0 Å². The number of rotatable bonds is 10. The van der Waals surface area contributed by atoms with Crippen molar-refractivity contribution in [1.82, 2.24) is 20.2 Å². The van der Waals surface area contributed by atoms with E-state index in [1.54, 1.807) is 24.2 Å². The number of aromatic nitrogens is 2. The van der Waals surface area contributed by atoms with E-state index in [1.807, 2.05) is 6.07 Å². The maximum Gasteiger partial charge on any atom is 0.353 e. The zero-order chi connectivity index (χ0) is 25.8. The summed E-state index contributed by atoms with van der Waals surface area (Å²) in [6.07, 6.45) is 3.37. The third-order valence-corrected chi connectivity index (χ3v) is 9.53. The molecule has 1 fully saturated rings. The van der Waals surface area contributed by atoms with Gasteiger partial charge in [-0.15, -0.1) is 23.1 Å². The van der Waals surface area contributed by atoms with Gasteiger partial charge in [-0.25, -0.2) is 9.78 Å². The number of anilines is 1. The summed E-state index contributed by atoms with van der Waals surface area (Å²) in [6.45, 7) is 0.553. The van der Waals surface area contributed by atoms with Crippen molar-refractivity contribution in [3.05, 3.63) is 45.8 Å². The lowest BCUT2D eigenvalue weighted by atomic mass is 10.0. The average molecular weight is 568 g/mol. The van der Waals surface area contributed by atoms with Crippen molar-refractivity contribution in [1.29, 1.82) is 0 Å². The number of carbonyl (C=O) groups is 3. The molecular weight excluding hydrogens is 547 g/mol. The predicted molar refractivity (Wildman–Crippen MR) is 140 cm³/mol. The fourth-order valence-corrected chi connectivity index (χ4v) is 7.48. The van der Waals surface area contributed by atoms with Gasteiger partial charge >= 0.3 is 5.97 Å². The van der Waals surface area contributed by atoms with Gasteiger partial charge in [0.25, 0.3) is 11.8 Å². The molecule has 4 rings (SSSR count). The summed E-state index contributed by atoms with van der Waals surface area (Å²) < 4.78 is 0. The molecule has 1 saturated heterocycles. The zero-order valence-corrected chi connectivity index (χ0v) is 21.8. The number of hydrogen-bond acceptors (Lipinski definition) is 13. The number of nitrogens with two attached hydrogens (primary N) is 2. The molecule has 2 aliphatic heterocycles. The molecule has 0 radical (unpaired) electrons. The van der Waals surface area contributed by atoms with Crippen molar-refractivity contribution in [3.63, 3.8) is 0 Å². The van der Waals surface area contributed by atoms with Gasteiger partial charge in [0.15, 0.2) is 5.71 Å². The largest absolute Gasteiger partial charge is 0.477 e. The molecule has 2 amide bonds. The molecule has 36 heavy (non-hydrogen) atoms. The Morgan fingerprint density at radius 2 is 2.19 bits per heavy atom. The van der Waals surface area contributed by atoms with E-state index in [9.17, 15) is 24.7 Å². The van der Waals surface area contributed by atoms with Crippen LogP contribution >= 0.6 is 46.6 Å². The van der Waals surface area contributed by atoms with Crippen LogP contribution < -0.4 is 16.8 Å². The summed E-state index contributed by atoms with van der Waals surface area (Å²) in [5.41, 5.74) is 13.1. The minimum absolute atomic E-state index is 0.00233. The average Bonchev–Trinajstić information content (AvgIpc) is 3.29. The number of β-lactam (4-membered cyclic amide) rings is 1. The van der Waals surface area contributed by atoms with E-state index in [1.165, 1.54) is 33.9 Å². The number of oxime groups is 1. The Labute approximate surface area is 222 Å². The highest BCUT2D eigenvalue weighted by atomic mass is 32.2. The second-order valence-corrected chi connectivity index (χ2v) is 11.6. The molecule has 0 aromatic carbocycles. The van der Waals surface area contributed by atoms with Crippen LogP contribution in [0.2, 0.25) is 0 Å². The van der Waals surface area contributed by atoms with Crippen molar-refractivity contribution in [2.45, 2.75) is 22.1 Å². The summed E-state index contributed by atoms with van der Waals surface area (Å²) in [5, 5.41) is 24.3. The van der Waals surface area contributed by atoms with Crippen molar-refractivity contribution in [2.24, 2.45) is 10.9 Å². The molecule has 2 aromatic heterocycles. The number of carboxylic acids is 1. The fraction of sp³-hybridized carbons (Fsp3) is 0.300. The standard InChI is InChI=1S/C20H21N7O5S4/c21-2-4-33-6-9-5-23-3-1-10(9)36-11-7-34-19-14(18(29)27(19)15(11)20(30)31)25-17(28)13(26-32)12-16(22)35-8-24-12/h1,3,5,8,14,19,32H,2,4,6-7,21-22H2,(H,25,28)(H,30,31)/b26-13-/t14-,19-/m1/s1. The number of carboxylic acid groups (broad SMARTS) is 1. The molecular formula is C20H21N7O5S4. The Balaban J connectivity index is 1.52. The van der Waals surface area contributed by atoms with Crippen molar-refractivity contribution in [2.75, 3.05) is 23.8 Å². The summed E-state index contributed by atoms with van der Waals surface area (Å²) in [5.74, 6) is -0.869. The summed E-state index contributed by atoms with van der Waals surface area (Å²) in [6, 6.07) is 0.816. The Morgan fingerprint density at radius 3 is 2.86 bits per heavy atom. The molecule has 2 aliphatic rings. The molecule has 0 saturated carbocycles. The first-order chi connectivity index (χ1) is 17.4. The van der Waals surface area contributed by atoms with Gasteiger partial charge in [-0.1, -0.05) is 16.9 Å². The molecule has 7 N–H and O–H groups in total. The number of thiazole rings is 1. The SMILES string of the molecule is NCCSCc1cnccc1SC1=C(C(=O)O)N2C(=O)[C@@H](NC(=O)/C(=N\O)c3ncsc3N)[C@H]2SC1. The Bertz CT molecular complexity index is 1250. The second kappa shape index (κ2) is 11.5. The third-order valence-electron chi connectivity index (χ3n) is 5.17.